The van der Waals surface area contributed by atoms with Crippen LogP contribution in [0.15, 0.2) is 0 Å². The molecule has 0 bridgehead atoms. The molecule has 0 radical (unpaired) electrons. The molecule has 1 aliphatic carbocycles. The van der Waals surface area contributed by atoms with Crippen molar-refractivity contribution in [3.8, 4) is 0 Å². The molecule has 1 aliphatic heterocycles. The first kappa shape index (κ1) is 10.8. The lowest BCUT2D eigenvalue weighted by Gasteiger charge is -2.21. The summed E-state index contributed by atoms with van der Waals surface area (Å²) in [5, 5.41) is 3.70. The van der Waals surface area contributed by atoms with Crippen LogP contribution in [0.3, 0.4) is 0 Å². The van der Waals surface area contributed by atoms with E-state index in [1.807, 2.05) is 0 Å². The lowest BCUT2D eigenvalue weighted by atomic mass is 9.92. The Labute approximate surface area is 92.4 Å². The fourth-order valence-electron chi connectivity index (χ4n) is 2.39. The first-order chi connectivity index (χ1) is 6.73. The fraction of sp³-hybridized carbons (Fsp3) is 1.00. The van der Waals surface area contributed by atoms with E-state index in [1.54, 1.807) is 0 Å². The van der Waals surface area contributed by atoms with Crippen LogP contribution in [-0.4, -0.2) is 24.6 Å². The van der Waals surface area contributed by atoms with E-state index in [0.717, 1.165) is 11.8 Å². The van der Waals surface area contributed by atoms with Crippen LogP contribution in [0.4, 0.5) is 0 Å². The van der Waals surface area contributed by atoms with Crippen LogP contribution in [0.1, 0.15) is 33.1 Å². The summed E-state index contributed by atoms with van der Waals surface area (Å²) in [6, 6.07) is 0. The van der Waals surface area contributed by atoms with Crippen molar-refractivity contribution in [2.75, 3.05) is 24.6 Å². The van der Waals surface area contributed by atoms with Gasteiger partial charge in [0, 0.05) is 6.54 Å². The summed E-state index contributed by atoms with van der Waals surface area (Å²) in [5.74, 6) is 4.61. The van der Waals surface area contributed by atoms with Crippen LogP contribution in [0, 0.1) is 17.3 Å². The second-order valence-electron chi connectivity index (χ2n) is 5.38. The van der Waals surface area contributed by atoms with Gasteiger partial charge in [-0.2, -0.15) is 11.8 Å². The zero-order chi connectivity index (χ0) is 10.0. The summed E-state index contributed by atoms with van der Waals surface area (Å²) in [6.45, 7) is 7.29. The normalized spacial score (nSPS) is 29.8. The number of hydrogen-bond acceptors (Lipinski definition) is 2. The lowest BCUT2D eigenvalue weighted by Crippen LogP contribution is -2.31. The third-order valence-electron chi connectivity index (χ3n) is 4.05. The number of thioether (sulfide) groups is 1. The van der Waals surface area contributed by atoms with Gasteiger partial charge in [0.1, 0.15) is 0 Å². The molecule has 1 N–H and O–H groups in total. The highest BCUT2D eigenvalue weighted by molar-refractivity contribution is 7.99. The molecule has 82 valence electrons. The van der Waals surface area contributed by atoms with Crippen molar-refractivity contribution in [1.29, 1.82) is 0 Å². The molecule has 14 heavy (non-hydrogen) atoms. The topological polar surface area (TPSA) is 12.0 Å². The lowest BCUT2D eigenvalue weighted by molar-refractivity contribution is 0.330. The molecule has 2 rings (SSSR count). The van der Waals surface area contributed by atoms with Crippen molar-refractivity contribution >= 4 is 11.8 Å². The molecule has 2 fully saturated rings. The van der Waals surface area contributed by atoms with Crippen molar-refractivity contribution in [3.05, 3.63) is 0 Å². The predicted octanol–water partition coefficient (Wildman–Crippen LogP) is 2.77. The van der Waals surface area contributed by atoms with Gasteiger partial charge in [0.05, 0.1) is 0 Å². The Morgan fingerprint density at radius 2 is 2.21 bits per heavy atom. The molecule has 0 amide bonds. The quantitative estimate of drug-likeness (QED) is 0.753. The summed E-state index contributed by atoms with van der Waals surface area (Å²) in [5.41, 5.74) is 0.686. The third-order valence-corrected chi connectivity index (χ3v) is 5.28. The standard InChI is InChI=1S/C12H23NS/c1-10(2)12(4-5-12)9-13-7-11-3-6-14-8-11/h10-11,13H,3-9H2,1-2H3. The van der Waals surface area contributed by atoms with E-state index in [9.17, 15) is 0 Å². The van der Waals surface area contributed by atoms with Crippen molar-refractivity contribution < 1.29 is 0 Å². The Balaban J connectivity index is 1.62. The second kappa shape index (κ2) is 4.44. The van der Waals surface area contributed by atoms with Crippen LogP contribution in [0.2, 0.25) is 0 Å². The molecule has 1 unspecified atom stereocenters. The molecule has 1 saturated heterocycles. The van der Waals surface area contributed by atoms with Crippen molar-refractivity contribution in [2.24, 2.45) is 17.3 Å². The summed E-state index contributed by atoms with van der Waals surface area (Å²) in [7, 11) is 0. The van der Waals surface area contributed by atoms with Gasteiger partial charge in [-0.05, 0) is 54.6 Å². The number of hydrogen-bond donors (Lipinski definition) is 1. The minimum atomic E-state index is 0.686. The largest absolute Gasteiger partial charge is 0.316 e. The Hall–Kier alpha value is 0.310. The summed E-state index contributed by atoms with van der Waals surface area (Å²) in [4.78, 5) is 0. The van der Waals surface area contributed by atoms with Gasteiger partial charge in [-0.3, -0.25) is 0 Å². The van der Waals surface area contributed by atoms with E-state index in [2.05, 4.69) is 30.9 Å². The van der Waals surface area contributed by atoms with Crippen LogP contribution in [0.5, 0.6) is 0 Å². The molecule has 1 heterocycles. The molecule has 1 atom stereocenters. The molecule has 1 saturated carbocycles. The van der Waals surface area contributed by atoms with Crippen molar-refractivity contribution in [1.82, 2.24) is 5.32 Å². The summed E-state index contributed by atoms with van der Waals surface area (Å²) in [6.07, 6.45) is 4.35. The highest BCUT2D eigenvalue weighted by Crippen LogP contribution is 2.51. The monoisotopic (exact) mass is 213 g/mol. The van der Waals surface area contributed by atoms with Gasteiger partial charge in [-0.25, -0.2) is 0 Å². The summed E-state index contributed by atoms with van der Waals surface area (Å²) < 4.78 is 0. The average Bonchev–Trinajstić information content (AvgIpc) is 2.76. The Morgan fingerprint density at radius 1 is 1.43 bits per heavy atom. The molecule has 0 aromatic heterocycles. The van der Waals surface area contributed by atoms with Gasteiger partial charge < -0.3 is 5.32 Å². The van der Waals surface area contributed by atoms with E-state index in [0.29, 0.717) is 5.41 Å². The molecule has 0 aromatic rings. The molecule has 0 spiro atoms. The van der Waals surface area contributed by atoms with Crippen LogP contribution >= 0.6 is 11.8 Å². The zero-order valence-electron chi connectivity index (χ0n) is 9.51. The predicted molar refractivity (Wildman–Crippen MR) is 64.8 cm³/mol. The van der Waals surface area contributed by atoms with Crippen LogP contribution in [-0.2, 0) is 0 Å². The van der Waals surface area contributed by atoms with Gasteiger partial charge in [-0.15, -0.1) is 0 Å². The molecular formula is C12H23NS. The Bertz CT molecular complexity index is 181. The average molecular weight is 213 g/mol. The first-order valence-corrected chi connectivity index (χ1v) is 7.17. The minimum absolute atomic E-state index is 0.686. The van der Waals surface area contributed by atoms with E-state index in [-0.39, 0.29) is 0 Å². The summed E-state index contributed by atoms with van der Waals surface area (Å²) >= 11 is 2.12. The Morgan fingerprint density at radius 3 is 2.71 bits per heavy atom. The third kappa shape index (κ3) is 2.46. The fourth-order valence-corrected chi connectivity index (χ4v) is 3.67. The highest BCUT2D eigenvalue weighted by atomic mass is 32.2. The van der Waals surface area contributed by atoms with E-state index in [1.165, 1.54) is 43.9 Å². The van der Waals surface area contributed by atoms with Gasteiger partial charge in [0.15, 0.2) is 0 Å². The minimum Gasteiger partial charge on any atom is -0.316 e. The highest BCUT2D eigenvalue weighted by Gasteiger charge is 2.44. The molecular weight excluding hydrogens is 190 g/mol. The maximum Gasteiger partial charge on any atom is 0.00104 e. The first-order valence-electron chi connectivity index (χ1n) is 6.01. The van der Waals surface area contributed by atoms with Gasteiger partial charge >= 0.3 is 0 Å². The van der Waals surface area contributed by atoms with Crippen molar-refractivity contribution in [3.63, 3.8) is 0 Å². The van der Waals surface area contributed by atoms with Crippen molar-refractivity contribution in [2.45, 2.75) is 33.1 Å². The SMILES string of the molecule is CC(C)C1(CNCC2CCSC2)CC1. The maximum absolute atomic E-state index is 3.70. The Kier molecular flexibility index (Phi) is 3.43. The zero-order valence-corrected chi connectivity index (χ0v) is 10.3. The maximum atomic E-state index is 3.70. The number of nitrogens with one attached hydrogen (secondary N) is 1. The van der Waals surface area contributed by atoms with Gasteiger partial charge in [0.25, 0.3) is 0 Å². The second-order valence-corrected chi connectivity index (χ2v) is 6.53. The smallest absolute Gasteiger partial charge is 0.00104 e. The molecule has 0 aromatic carbocycles. The molecule has 1 nitrogen and oxygen atoms in total. The van der Waals surface area contributed by atoms with Gasteiger partial charge in [-0.1, -0.05) is 13.8 Å². The van der Waals surface area contributed by atoms with E-state index < -0.39 is 0 Å². The van der Waals surface area contributed by atoms with Crippen LogP contribution in [0.25, 0.3) is 0 Å². The van der Waals surface area contributed by atoms with E-state index >= 15 is 0 Å². The van der Waals surface area contributed by atoms with Gasteiger partial charge in [0.2, 0.25) is 0 Å². The number of rotatable bonds is 5. The molecule has 2 aliphatic rings. The van der Waals surface area contributed by atoms with Crippen LogP contribution < -0.4 is 5.32 Å². The molecule has 2 heteroatoms. The van der Waals surface area contributed by atoms with E-state index in [4.69, 9.17) is 0 Å².